The molecule has 0 fully saturated rings. The van der Waals surface area contributed by atoms with Gasteiger partial charge in [-0.1, -0.05) is 0 Å². The van der Waals surface area contributed by atoms with Gasteiger partial charge >= 0.3 is 12.0 Å². The molecule has 0 heterocycles. The second-order valence-corrected chi connectivity index (χ2v) is 4.79. The van der Waals surface area contributed by atoms with E-state index in [-0.39, 0.29) is 0 Å². The second kappa shape index (κ2) is 6.69. The Morgan fingerprint density at radius 1 is 1.19 bits per heavy atom. The molecule has 4 N–H and O–H groups in total. The van der Waals surface area contributed by atoms with E-state index in [2.05, 4.69) is 16.0 Å². The fourth-order valence-electron chi connectivity index (χ4n) is 1.41. The molecule has 0 aliphatic carbocycles. The topological polar surface area (TPSA) is 108 Å². The molecule has 114 valence electrons. The summed E-state index contributed by atoms with van der Waals surface area (Å²) in [6.07, 6.45) is 0. The van der Waals surface area contributed by atoms with E-state index in [4.69, 9.17) is 5.11 Å². The van der Waals surface area contributed by atoms with Crippen molar-refractivity contribution in [1.82, 2.24) is 10.6 Å². The fraction of sp³-hybridized carbons (Fsp3) is 0.308. The van der Waals surface area contributed by atoms with Crippen molar-refractivity contribution < 1.29 is 23.9 Å². The third kappa shape index (κ3) is 5.47. The number of hydrogen-bond donors (Lipinski definition) is 4. The highest BCUT2D eigenvalue weighted by Gasteiger charge is 2.29. The van der Waals surface area contributed by atoms with Crippen molar-refractivity contribution in [2.45, 2.75) is 19.4 Å². The number of carboxylic acid groups (broad SMARTS) is 1. The van der Waals surface area contributed by atoms with Gasteiger partial charge in [0.15, 0.2) is 0 Å². The van der Waals surface area contributed by atoms with E-state index in [0.717, 1.165) is 0 Å². The Hall–Kier alpha value is -2.64. The van der Waals surface area contributed by atoms with Gasteiger partial charge in [0, 0.05) is 5.69 Å². The highest BCUT2D eigenvalue weighted by atomic mass is 19.1. The maximum absolute atomic E-state index is 12.7. The van der Waals surface area contributed by atoms with Crippen LogP contribution in [-0.2, 0) is 9.59 Å². The molecule has 0 aliphatic rings. The molecule has 1 rings (SSSR count). The Bertz CT molecular complexity index is 543. The minimum absolute atomic E-state index is 0.357. The van der Waals surface area contributed by atoms with Crippen LogP contribution in [-0.4, -0.2) is 35.1 Å². The van der Waals surface area contributed by atoms with Crippen molar-refractivity contribution >= 4 is 23.6 Å². The molecule has 0 spiro atoms. The van der Waals surface area contributed by atoms with Gasteiger partial charge < -0.3 is 21.1 Å². The zero-order valence-electron chi connectivity index (χ0n) is 11.6. The minimum atomic E-state index is -1.31. The lowest BCUT2D eigenvalue weighted by molar-refractivity contribution is -0.138. The predicted octanol–water partition coefficient (Wildman–Crippen LogP) is 0.927. The summed E-state index contributed by atoms with van der Waals surface area (Å²) in [7, 11) is 0. The third-order valence-corrected chi connectivity index (χ3v) is 2.50. The summed E-state index contributed by atoms with van der Waals surface area (Å²) in [5, 5.41) is 15.5. The minimum Gasteiger partial charge on any atom is -0.480 e. The van der Waals surface area contributed by atoms with Gasteiger partial charge in [0.1, 0.15) is 17.9 Å². The number of nitrogens with one attached hydrogen (secondary N) is 3. The van der Waals surface area contributed by atoms with Crippen LogP contribution in [0.5, 0.6) is 0 Å². The summed E-state index contributed by atoms with van der Waals surface area (Å²) in [6, 6.07) is 4.43. The van der Waals surface area contributed by atoms with Crippen molar-refractivity contribution in [3.8, 4) is 0 Å². The van der Waals surface area contributed by atoms with Crippen molar-refractivity contribution in [3.63, 3.8) is 0 Å². The van der Waals surface area contributed by atoms with Gasteiger partial charge in [0.25, 0.3) is 0 Å². The van der Waals surface area contributed by atoms with Crippen LogP contribution in [0.15, 0.2) is 24.3 Å². The van der Waals surface area contributed by atoms with E-state index >= 15 is 0 Å². The van der Waals surface area contributed by atoms with Crippen LogP contribution in [0.4, 0.5) is 14.9 Å². The Labute approximate surface area is 120 Å². The summed E-state index contributed by atoms with van der Waals surface area (Å²) >= 11 is 0. The van der Waals surface area contributed by atoms with Gasteiger partial charge in [-0.15, -0.1) is 0 Å². The standard InChI is InChI=1S/C13H16FN3O4/c1-13(2,11(20)15-7-10(18)19)17-12(21)16-9-5-3-8(14)4-6-9/h3-6H,7H2,1-2H3,(H,15,20)(H,18,19)(H2,16,17,21). The van der Waals surface area contributed by atoms with Gasteiger partial charge in [-0.05, 0) is 38.1 Å². The van der Waals surface area contributed by atoms with E-state index in [9.17, 15) is 18.8 Å². The van der Waals surface area contributed by atoms with E-state index in [0.29, 0.717) is 5.69 Å². The average Bonchev–Trinajstić information content (AvgIpc) is 2.37. The molecule has 7 nitrogen and oxygen atoms in total. The number of benzene rings is 1. The molecule has 0 saturated heterocycles. The molecular formula is C13H16FN3O4. The van der Waals surface area contributed by atoms with Crippen molar-refractivity contribution in [2.75, 3.05) is 11.9 Å². The first-order chi connectivity index (χ1) is 9.70. The molecule has 0 atom stereocenters. The molecule has 1 aromatic rings. The number of carbonyl (C=O) groups excluding carboxylic acids is 2. The third-order valence-electron chi connectivity index (χ3n) is 2.50. The summed E-state index contributed by atoms with van der Waals surface area (Å²) < 4.78 is 12.7. The lowest BCUT2D eigenvalue weighted by atomic mass is 10.1. The summed E-state index contributed by atoms with van der Waals surface area (Å²) in [4.78, 5) is 33.9. The molecule has 21 heavy (non-hydrogen) atoms. The monoisotopic (exact) mass is 297 g/mol. The molecular weight excluding hydrogens is 281 g/mol. The normalized spacial score (nSPS) is 10.6. The predicted molar refractivity (Wildman–Crippen MR) is 73.3 cm³/mol. The number of halogens is 1. The van der Waals surface area contributed by atoms with Gasteiger partial charge in [0.05, 0.1) is 0 Å². The van der Waals surface area contributed by atoms with Crippen LogP contribution < -0.4 is 16.0 Å². The molecule has 0 radical (unpaired) electrons. The van der Waals surface area contributed by atoms with Crippen LogP contribution in [0.3, 0.4) is 0 Å². The van der Waals surface area contributed by atoms with Gasteiger partial charge in [-0.25, -0.2) is 9.18 Å². The summed E-state index contributed by atoms with van der Waals surface area (Å²) in [5.41, 5.74) is -0.949. The first-order valence-electron chi connectivity index (χ1n) is 6.05. The van der Waals surface area contributed by atoms with Crippen LogP contribution in [0, 0.1) is 5.82 Å². The highest BCUT2D eigenvalue weighted by Crippen LogP contribution is 2.09. The zero-order chi connectivity index (χ0) is 16.0. The maximum Gasteiger partial charge on any atom is 0.322 e. The molecule has 0 aromatic heterocycles. The van der Waals surface area contributed by atoms with Crippen molar-refractivity contribution in [3.05, 3.63) is 30.1 Å². The Balaban J connectivity index is 2.57. The second-order valence-electron chi connectivity index (χ2n) is 4.79. The molecule has 0 bridgehead atoms. The summed E-state index contributed by atoms with van der Waals surface area (Å²) in [6.45, 7) is 2.31. The largest absolute Gasteiger partial charge is 0.480 e. The van der Waals surface area contributed by atoms with E-state index in [1.165, 1.54) is 38.1 Å². The number of amides is 3. The highest BCUT2D eigenvalue weighted by molar-refractivity contribution is 5.96. The quantitative estimate of drug-likeness (QED) is 0.648. The van der Waals surface area contributed by atoms with E-state index in [1.54, 1.807) is 0 Å². The Morgan fingerprint density at radius 3 is 2.29 bits per heavy atom. The Kier molecular flexibility index (Phi) is 5.23. The van der Waals surface area contributed by atoms with Crippen LogP contribution in [0.25, 0.3) is 0 Å². The first-order valence-corrected chi connectivity index (χ1v) is 6.05. The molecule has 8 heteroatoms. The van der Waals surface area contributed by atoms with E-state index in [1.807, 2.05) is 0 Å². The molecule has 0 aliphatic heterocycles. The SMILES string of the molecule is CC(C)(NC(=O)Nc1ccc(F)cc1)C(=O)NCC(=O)O. The molecule has 0 saturated carbocycles. The van der Waals surface area contributed by atoms with Crippen LogP contribution in [0.1, 0.15) is 13.8 Å². The fourth-order valence-corrected chi connectivity index (χ4v) is 1.41. The number of hydrogen-bond acceptors (Lipinski definition) is 3. The Morgan fingerprint density at radius 2 is 1.76 bits per heavy atom. The molecule has 1 aromatic carbocycles. The number of carbonyl (C=O) groups is 3. The maximum atomic E-state index is 12.7. The lowest BCUT2D eigenvalue weighted by Crippen LogP contribution is -2.56. The van der Waals surface area contributed by atoms with Gasteiger partial charge in [0.2, 0.25) is 5.91 Å². The zero-order valence-corrected chi connectivity index (χ0v) is 11.6. The number of anilines is 1. The molecule has 3 amide bonds. The van der Waals surface area contributed by atoms with E-state index < -0.39 is 35.8 Å². The average molecular weight is 297 g/mol. The van der Waals surface area contributed by atoms with Crippen LogP contribution in [0.2, 0.25) is 0 Å². The number of carboxylic acids is 1. The molecule has 0 unspecified atom stereocenters. The smallest absolute Gasteiger partial charge is 0.322 e. The number of aliphatic carboxylic acids is 1. The van der Waals surface area contributed by atoms with Gasteiger partial charge in [-0.3, -0.25) is 9.59 Å². The number of urea groups is 1. The lowest BCUT2D eigenvalue weighted by Gasteiger charge is -2.24. The number of rotatable bonds is 5. The van der Waals surface area contributed by atoms with Crippen LogP contribution >= 0.6 is 0 Å². The van der Waals surface area contributed by atoms with Crippen molar-refractivity contribution in [1.29, 1.82) is 0 Å². The first kappa shape index (κ1) is 16.4. The summed E-state index contributed by atoms with van der Waals surface area (Å²) in [5.74, 6) is -2.26. The van der Waals surface area contributed by atoms with Gasteiger partial charge in [-0.2, -0.15) is 0 Å². The van der Waals surface area contributed by atoms with Crippen molar-refractivity contribution in [2.24, 2.45) is 0 Å².